The third-order valence-electron chi connectivity index (χ3n) is 5.63. The molecule has 25 heavy (non-hydrogen) atoms. The topological polar surface area (TPSA) is 38.8 Å². The summed E-state index contributed by atoms with van der Waals surface area (Å²) in [5, 5.41) is 0. The predicted octanol–water partition coefficient (Wildman–Crippen LogP) is 3.14. The first-order valence-electron chi connectivity index (χ1n) is 9.33. The van der Waals surface area contributed by atoms with E-state index in [1.165, 1.54) is 5.56 Å². The molecule has 0 bridgehead atoms. The number of benzene rings is 1. The number of hydrogen-bond acceptors (Lipinski definition) is 4. The Labute approximate surface area is 154 Å². The highest BCUT2D eigenvalue weighted by atomic mass is 32.2. The maximum atomic E-state index is 12.6. The fourth-order valence-corrected chi connectivity index (χ4v) is 5.54. The lowest BCUT2D eigenvalue weighted by Gasteiger charge is -2.47. The van der Waals surface area contributed by atoms with Gasteiger partial charge in [0.15, 0.2) is 0 Å². The van der Waals surface area contributed by atoms with Crippen molar-refractivity contribution in [3.8, 4) is 0 Å². The van der Waals surface area contributed by atoms with E-state index < -0.39 is 0 Å². The Bertz CT molecular complexity index is 606. The minimum absolute atomic E-state index is 0.165. The fourth-order valence-electron chi connectivity index (χ4n) is 3.99. The Balaban J connectivity index is 1.24. The molecule has 136 valence electrons. The summed E-state index contributed by atoms with van der Waals surface area (Å²) >= 11 is 2.00. The van der Waals surface area contributed by atoms with Crippen LogP contribution in [0.15, 0.2) is 24.3 Å². The van der Waals surface area contributed by atoms with E-state index in [0.29, 0.717) is 12.0 Å². The van der Waals surface area contributed by atoms with Crippen LogP contribution in [0, 0.1) is 12.8 Å². The van der Waals surface area contributed by atoms with Crippen molar-refractivity contribution in [2.24, 2.45) is 5.92 Å². The molecule has 1 aromatic carbocycles. The number of amides is 1. The van der Waals surface area contributed by atoms with Crippen LogP contribution in [0.5, 0.6) is 0 Å². The van der Waals surface area contributed by atoms with Gasteiger partial charge in [0.05, 0.1) is 10.9 Å². The van der Waals surface area contributed by atoms with E-state index in [2.05, 4.69) is 0 Å². The van der Waals surface area contributed by atoms with E-state index in [4.69, 9.17) is 9.47 Å². The predicted molar refractivity (Wildman–Crippen MR) is 100 cm³/mol. The van der Waals surface area contributed by atoms with Gasteiger partial charge in [-0.15, -0.1) is 11.8 Å². The van der Waals surface area contributed by atoms with E-state index in [1.807, 2.05) is 47.9 Å². The van der Waals surface area contributed by atoms with Crippen LogP contribution in [0.3, 0.4) is 0 Å². The number of hydrogen-bond donors (Lipinski definition) is 0. The summed E-state index contributed by atoms with van der Waals surface area (Å²) in [6.45, 7) is 6.41. The van der Waals surface area contributed by atoms with Crippen molar-refractivity contribution >= 4 is 17.7 Å². The largest absolute Gasteiger partial charge is 0.381 e. The minimum Gasteiger partial charge on any atom is -0.381 e. The molecule has 0 saturated carbocycles. The molecule has 3 aliphatic rings. The highest BCUT2D eigenvalue weighted by molar-refractivity contribution is 8.01. The average Bonchev–Trinajstić information content (AvgIpc) is 3.04. The van der Waals surface area contributed by atoms with Crippen molar-refractivity contribution in [3.05, 3.63) is 35.4 Å². The summed E-state index contributed by atoms with van der Waals surface area (Å²) in [7, 11) is 0. The molecule has 4 nitrogen and oxygen atoms in total. The quantitative estimate of drug-likeness (QED) is 0.826. The standard InChI is InChI=1S/C20H27NO3S/c1-15-2-4-17(5-3-15)19(22)21-13-20(14-21)10-18(12-25-20)24-11-16-6-8-23-9-7-16/h2-5,16,18H,6-14H2,1H3/t18-/m0/s1. The Kier molecular flexibility index (Phi) is 5.07. The summed E-state index contributed by atoms with van der Waals surface area (Å²) in [5.41, 5.74) is 1.99. The van der Waals surface area contributed by atoms with Crippen molar-refractivity contribution < 1.29 is 14.3 Å². The Morgan fingerprint density at radius 2 is 2.00 bits per heavy atom. The Hall–Kier alpha value is -1.04. The van der Waals surface area contributed by atoms with E-state index in [9.17, 15) is 4.79 Å². The van der Waals surface area contributed by atoms with E-state index in [0.717, 1.165) is 63.5 Å². The second-order valence-corrected chi connectivity index (χ2v) is 9.22. The lowest BCUT2D eigenvalue weighted by atomic mass is 9.92. The normalized spacial score (nSPS) is 26.0. The van der Waals surface area contributed by atoms with Gasteiger partial charge in [0.2, 0.25) is 0 Å². The molecule has 1 spiro atoms. The van der Waals surface area contributed by atoms with Crippen LogP contribution >= 0.6 is 11.8 Å². The molecule has 3 heterocycles. The third kappa shape index (κ3) is 3.88. The highest BCUT2D eigenvalue weighted by Gasteiger charge is 2.51. The van der Waals surface area contributed by atoms with Gasteiger partial charge in [0.1, 0.15) is 0 Å². The molecule has 1 atom stereocenters. The van der Waals surface area contributed by atoms with Gasteiger partial charge >= 0.3 is 0 Å². The van der Waals surface area contributed by atoms with Crippen LogP contribution in [-0.2, 0) is 9.47 Å². The molecule has 0 radical (unpaired) electrons. The van der Waals surface area contributed by atoms with E-state index >= 15 is 0 Å². The smallest absolute Gasteiger partial charge is 0.253 e. The number of likely N-dealkylation sites (tertiary alicyclic amines) is 1. The van der Waals surface area contributed by atoms with Crippen molar-refractivity contribution in [1.29, 1.82) is 0 Å². The molecule has 5 heteroatoms. The monoisotopic (exact) mass is 361 g/mol. The second-order valence-electron chi connectivity index (χ2n) is 7.74. The first kappa shape index (κ1) is 17.4. The molecular formula is C20H27NO3S. The summed E-state index contributed by atoms with van der Waals surface area (Å²) in [4.78, 5) is 14.6. The van der Waals surface area contributed by atoms with Crippen LogP contribution in [0.1, 0.15) is 35.2 Å². The molecule has 0 N–H and O–H groups in total. The molecule has 0 unspecified atom stereocenters. The summed E-state index contributed by atoms with van der Waals surface area (Å²) in [6.07, 6.45) is 3.69. The molecule has 3 fully saturated rings. The molecule has 1 aromatic rings. The van der Waals surface area contributed by atoms with Crippen LogP contribution in [0.2, 0.25) is 0 Å². The zero-order valence-electron chi connectivity index (χ0n) is 14.9. The maximum Gasteiger partial charge on any atom is 0.253 e. The Morgan fingerprint density at radius 1 is 1.28 bits per heavy atom. The van der Waals surface area contributed by atoms with Crippen molar-refractivity contribution in [3.63, 3.8) is 0 Å². The van der Waals surface area contributed by atoms with Gasteiger partial charge in [0.25, 0.3) is 5.91 Å². The van der Waals surface area contributed by atoms with Gasteiger partial charge in [-0.2, -0.15) is 0 Å². The minimum atomic E-state index is 0.165. The fraction of sp³-hybridized carbons (Fsp3) is 0.650. The molecule has 3 aliphatic heterocycles. The number of aryl methyl sites for hydroxylation is 1. The lowest BCUT2D eigenvalue weighted by molar-refractivity contribution is -0.0118. The highest BCUT2D eigenvalue weighted by Crippen LogP contribution is 2.46. The SMILES string of the molecule is Cc1ccc(C(=O)N2CC3(C[C@H](OCC4CCOCC4)CS3)C2)cc1. The number of carbonyl (C=O) groups is 1. The van der Waals surface area contributed by atoms with Gasteiger partial charge in [-0.3, -0.25) is 4.79 Å². The molecular weight excluding hydrogens is 334 g/mol. The number of thioether (sulfide) groups is 1. The average molecular weight is 362 g/mol. The van der Waals surface area contributed by atoms with Gasteiger partial charge in [-0.1, -0.05) is 17.7 Å². The van der Waals surface area contributed by atoms with Crippen molar-refractivity contribution in [2.75, 3.05) is 38.7 Å². The summed E-state index contributed by atoms with van der Waals surface area (Å²) in [5.74, 6) is 1.89. The van der Waals surface area contributed by atoms with Crippen molar-refractivity contribution in [2.45, 2.75) is 37.0 Å². The zero-order valence-corrected chi connectivity index (χ0v) is 15.7. The Morgan fingerprint density at radius 3 is 2.72 bits per heavy atom. The molecule has 1 amide bonds. The molecule has 4 rings (SSSR count). The van der Waals surface area contributed by atoms with Crippen LogP contribution < -0.4 is 0 Å². The van der Waals surface area contributed by atoms with Crippen LogP contribution in [-0.4, -0.2) is 60.3 Å². The molecule has 0 aromatic heterocycles. The molecule has 0 aliphatic carbocycles. The number of ether oxygens (including phenoxy) is 2. The second kappa shape index (κ2) is 7.29. The van der Waals surface area contributed by atoms with Gasteiger partial charge in [0, 0.05) is 44.2 Å². The first-order valence-corrected chi connectivity index (χ1v) is 10.3. The first-order chi connectivity index (χ1) is 12.1. The van der Waals surface area contributed by atoms with Gasteiger partial charge < -0.3 is 14.4 Å². The summed E-state index contributed by atoms with van der Waals surface area (Å²) < 4.78 is 11.8. The van der Waals surface area contributed by atoms with E-state index in [-0.39, 0.29) is 10.7 Å². The van der Waals surface area contributed by atoms with Crippen LogP contribution in [0.4, 0.5) is 0 Å². The van der Waals surface area contributed by atoms with Crippen LogP contribution in [0.25, 0.3) is 0 Å². The third-order valence-corrected chi connectivity index (χ3v) is 7.20. The number of rotatable bonds is 4. The number of nitrogens with zero attached hydrogens (tertiary/aromatic N) is 1. The van der Waals surface area contributed by atoms with E-state index in [1.54, 1.807) is 0 Å². The molecule has 3 saturated heterocycles. The summed E-state index contributed by atoms with van der Waals surface area (Å²) in [6, 6.07) is 7.88. The lowest BCUT2D eigenvalue weighted by Crippen LogP contribution is -2.60. The van der Waals surface area contributed by atoms with Gasteiger partial charge in [-0.05, 0) is 44.2 Å². The number of carbonyl (C=O) groups excluding carboxylic acids is 1. The van der Waals surface area contributed by atoms with Crippen molar-refractivity contribution in [1.82, 2.24) is 4.90 Å². The van der Waals surface area contributed by atoms with Gasteiger partial charge in [-0.25, -0.2) is 0 Å². The maximum absolute atomic E-state index is 12.6. The zero-order chi connectivity index (χ0) is 17.3.